The van der Waals surface area contributed by atoms with Crippen molar-refractivity contribution in [3.63, 3.8) is 0 Å². The van der Waals surface area contributed by atoms with Crippen LogP contribution < -0.4 is 11.1 Å². The van der Waals surface area contributed by atoms with E-state index in [1.54, 1.807) is 0 Å². The number of unbranched alkanes of at least 4 members (excludes halogenated alkanes) is 14. The summed E-state index contributed by atoms with van der Waals surface area (Å²) < 4.78 is 5.07. The molecule has 0 saturated heterocycles. The normalized spacial score (nSPS) is 13.4. The summed E-state index contributed by atoms with van der Waals surface area (Å²) >= 11 is 0. The zero-order chi connectivity index (χ0) is 28.7. The van der Waals surface area contributed by atoms with E-state index >= 15 is 0 Å². The Kier molecular flexibility index (Phi) is 21.4. The quantitative estimate of drug-likeness (QED) is 0.0784. The van der Waals surface area contributed by atoms with E-state index in [0.29, 0.717) is 6.42 Å². The molecule has 2 unspecified atom stereocenters. The number of hydrogen-bond acceptors (Lipinski definition) is 7. The summed E-state index contributed by atoms with van der Waals surface area (Å²) in [7, 11) is 0. The Morgan fingerprint density at radius 2 is 1.26 bits per heavy atom. The van der Waals surface area contributed by atoms with Gasteiger partial charge in [0, 0.05) is 25.9 Å². The monoisotopic (exact) mass is 544 g/mol. The van der Waals surface area contributed by atoms with E-state index in [2.05, 4.69) is 12.2 Å². The maximum Gasteiger partial charge on any atom is 0.336 e. The van der Waals surface area contributed by atoms with Crippen LogP contribution in [0.1, 0.15) is 129 Å². The third kappa shape index (κ3) is 19.9. The average molecular weight is 545 g/mol. The zero-order valence-corrected chi connectivity index (χ0v) is 23.4. The predicted octanol–water partition coefficient (Wildman–Crippen LogP) is 4.31. The van der Waals surface area contributed by atoms with Gasteiger partial charge in [-0.2, -0.15) is 0 Å². The second-order valence-corrected chi connectivity index (χ2v) is 10.3. The van der Waals surface area contributed by atoms with Crippen molar-refractivity contribution in [1.29, 1.82) is 0 Å². The third-order valence-electron chi connectivity index (χ3n) is 6.64. The lowest BCUT2D eigenvalue weighted by atomic mass is 9.96. The number of nitrogens with two attached hydrogens (primary N) is 1. The second-order valence-electron chi connectivity index (χ2n) is 10.3. The summed E-state index contributed by atoms with van der Waals surface area (Å²) in [5, 5.41) is 30.5. The average Bonchev–Trinajstić information content (AvgIpc) is 2.85. The van der Waals surface area contributed by atoms with Crippen LogP contribution in [0, 0.1) is 0 Å². The first-order chi connectivity index (χ1) is 18.1. The van der Waals surface area contributed by atoms with Gasteiger partial charge in [0.2, 0.25) is 5.91 Å². The van der Waals surface area contributed by atoms with E-state index in [1.165, 1.54) is 77.0 Å². The van der Waals surface area contributed by atoms with Gasteiger partial charge in [-0.3, -0.25) is 14.4 Å². The molecule has 0 saturated carbocycles. The minimum Gasteiger partial charge on any atom is -0.481 e. The topological polar surface area (TPSA) is 176 Å². The Morgan fingerprint density at radius 1 is 0.789 bits per heavy atom. The van der Waals surface area contributed by atoms with E-state index in [1.807, 2.05) is 0 Å². The van der Waals surface area contributed by atoms with Crippen molar-refractivity contribution in [3.05, 3.63) is 0 Å². The summed E-state index contributed by atoms with van der Waals surface area (Å²) in [6.45, 7) is 2.41. The number of carboxylic acids is 2. The van der Waals surface area contributed by atoms with E-state index in [4.69, 9.17) is 20.7 Å². The number of hydrogen-bond donors (Lipinski definition) is 5. The number of carbonyl (C=O) groups excluding carboxylic acids is 2. The Morgan fingerprint density at radius 3 is 1.68 bits per heavy atom. The molecule has 0 rings (SSSR count). The van der Waals surface area contributed by atoms with Crippen molar-refractivity contribution in [2.75, 3.05) is 13.1 Å². The molecule has 0 bridgehead atoms. The van der Waals surface area contributed by atoms with Crippen molar-refractivity contribution < 1.29 is 39.2 Å². The SMILES string of the molecule is CCCCCCCCCCCCCCCCCC(=O)NCCC(CN)OC(=O)CC(O)(CC(=O)O)C(=O)O. The van der Waals surface area contributed by atoms with Crippen LogP contribution in [-0.2, 0) is 23.9 Å². The molecule has 0 aromatic carbocycles. The number of carboxylic acid groups (broad SMARTS) is 2. The standard InChI is InChI=1S/C28H52N2O8/c1-2-3-4-5-6-7-8-9-10-11-12-13-14-15-16-17-24(31)30-19-18-23(22-29)38-26(34)21-28(37,27(35)36)20-25(32)33/h23,37H,2-22,29H2,1H3,(H,30,31)(H,32,33)(H,35,36). The largest absolute Gasteiger partial charge is 0.481 e. The van der Waals surface area contributed by atoms with E-state index in [9.17, 15) is 24.3 Å². The molecule has 10 nitrogen and oxygen atoms in total. The lowest BCUT2D eigenvalue weighted by Crippen LogP contribution is -2.44. The first-order valence-electron chi connectivity index (χ1n) is 14.5. The number of amides is 1. The van der Waals surface area contributed by atoms with Gasteiger partial charge in [-0.1, -0.05) is 96.8 Å². The van der Waals surface area contributed by atoms with Gasteiger partial charge in [0.1, 0.15) is 6.10 Å². The van der Waals surface area contributed by atoms with Crippen LogP contribution in [0.3, 0.4) is 0 Å². The second kappa shape index (κ2) is 22.8. The minimum absolute atomic E-state index is 0.0644. The lowest BCUT2D eigenvalue weighted by molar-refractivity contribution is -0.173. The molecular weight excluding hydrogens is 492 g/mol. The summed E-state index contributed by atoms with van der Waals surface area (Å²) in [6, 6.07) is 0. The minimum atomic E-state index is -2.76. The molecule has 10 heteroatoms. The molecule has 38 heavy (non-hydrogen) atoms. The lowest BCUT2D eigenvalue weighted by Gasteiger charge is -2.22. The summed E-state index contributed by atoms with van der Waals surface area (Å²) in [5.74, 6) is -4.55. The van der Waals surface area contributed by atoms with Gasteiger partial charge in [0.05, 0.1) is 12.8 Å². The smallest absolute Gasteiger partial charge is 0.336 e. The molecule has 0 heterocycles. The Hall–Kier alpha value is -2.20. The highest BCUT2D eigenvalue weighted by atomic mass is 16.5. The van der Waals surface area contributed by atoms with Crippen molar-refractivity contribution in [2.45, 2.75) is 141 Å². The van der Waals surface area contributed by atoms with Crippen LogP contribution in [0.15, 0.2) is 0 Å². The fraction of sp³-hybridized carbons (Fsp3) is 0.857. The van der Waals surface area contributed by atoms with Crippen LogP contribution >= 0.6 is 0 Å². The Balaban J connectivity index is 3.80. The van der Waals surface area contributed by atoms with Gasteiger partial charge in [-0.15, -0.1) is 0 Å². The Labute approximate surface area is 228 Å². The molecular formula is C28H52N2O8. The summed E-state index contributed by atoms with van der Waals surface area (Å²) in [6.07, 6.45) is 16.6. The van der Waals surface area contributed by atoms with Crippen molar-refractivity contribution >= 4 is 23.8 Å². The van der Waals surface area contributed by atoms with Crippen LogP contribution in [-0.4, -0.2) is 63.9 Å². The third-order valence-corrected chi connectivity index (χ3v) is 6.64. The maximum absolute atomic E-state index is 12.0. The van der Waals surface area contributed by atoms with Crippen LogP contribution in [0.4, 0.5) is 0 Å². The number of esters is 1. The molecule has 2 atom stereocenters. The number of rotatable bonds is 26. The first kappa shape index (κ1) is 35.8. The number of aliphatic hydroxyl groups is 1. The summed E-state index contributed by atoms with van der Waals surface area (Å²) in [5.41, 5.74) is 2.82. The Bertz CT molecular complexity index is 673. The fourth-order valence-electron chi connectivity index (χ4n) is 4.27. The number of nitrogens with one attached hydrogen (secondary N) is 1. The van der Waals surface area contributed by atoms with Gasteiger partial charge in [0.25, 0.3) is 0 Å². The van der Waals surface area contributed by atoms with Gasteiger partial charge in [0.15, 0.2) is 5.60 Å². The van der Waals surface area contributed by atoms with Gasteiger partial charge in [-0.05, 0) is 6.42 Å². The fourth-order valence-corrected chi connectivity index (χ4v) is 4.27. The van der Waals surface area contributed by atoms with Gasteiger partial charge >= 0.3 is 17.9 Å². The molecule has 0 aromatic rings. The molecule has 222 valence electrons. The van der Waals surface area contributed by atoms with Crippen molar-refractivity contribution in [1.82, 2.24) is 5.32 Å². The van der Waals surface area contributed by atoms with Crippen LogP contribution in [0.25, 0.3) is 0 Å². The molecule has 0 aliphatic carbocycles. The molecule has 0 spiro atoms. The molecule has 0 aromatic heterocycles. The molecule has 0 aliphatic rings. The highest BCUT2D eigenvalue weighted by Crippen LogP contribution is 2.18. The van der Waals surface area contributed by atoms with Crippen molar-refractivity contribution in [3.8, 4) is 0 Å². The molecule has 0 aliphatic heterocycles. The van der Waals surface area contributed by atoms with Gasteiger partial charge < -0.3 is 31.1 Å². The molecule has 6 N–H and O–H groups in total. The zero-order valence-electron chi connectivity index (χ0n) is 23.4. The summed E-state index contributed by atoms with van der Waals surface area (Å²) in [4.78, 5) is 46.0. The predicted molar refractivity (Wildman–Crippen MR) is 146 cm³/mol. The van der Waals surface area contributed by atoms with E-state index in [0.717, 1.165) is 19.3 Å². The van der Waals surface area contributed by atoms with E-state index < -0.39 is 42.5 Å². The van der Waals surface area contributed by atoms with E-state index in [-0.39, 0.29) is 25.4 Å². The van der Waals surface area contributed by atoms with Crippen LogP contribution in [0.5, 0.6) is 0 Å². The highest BCUT2D eigenvalue weighted by molar-refractivity contribution is 5.88. The highest BCUT2D eigenvalue weighted by Gasteiger charge is 2.41. The maximum atomic E-state index is 12.0. The van der Waals surface area contributed by atoms with Crippen LogP contribution in [0.2, 0.25) is 0 Å². The number of ether oxygens (including phenoxy) is 1. The van der Waals surface area contributed by atoms with Gasteiger partial charge in [-0.25, -0.2) is 4.79 Å². The molecule has 1 amide bonds. The molecule has 0 radical (unpaired) electrons. The number of carbonyl (C=O) groups is 4. The molecule has 0 fully saturated rings. The van der Waals surface area contributed by atoms with Crippen molar-refractivity contribution in [2.24, 2.45) is 5.73 Å². The first-order valence-corrected chi connectivity index (χ1v) is 14.5. The number of aliphatic carboxylic acids is 2.